The van der Waals surface area contributed by atoms with Gasteiger partial charge in [-0.15, -0.1) is 0 Å². The lowest BCUT2D eigenvalue weighted by atomic mass is 9.74. The lowest BCUT2D eigenvalue weighted by Gasteiger charge is -2.32. The Morgan fingerprint density at radius 1 is 0.295 bits per heavy atom. The maximum absolute atomic E-state index is 2.53. The molecule has 0 radical (unpaired) electrons. The third kappa shape index (κ3) is 6.17. The SMILES string of the molecule is CC1(c2ccccc2)c2ccccc2-c2c(N(c3ccccc3-c3ccc(-c4ccccc4)cc3)c3ccccc3-c3ccc(-c4cccc5ccccc45)cc3)cccc21. The second-order valence-corrected chi connectivity index (χ2v) is 16.2. The molecule has 0 aromatic heterocycles. The van der Waals surface area contributed by atoms with Crippen LogP contribution in [0.3, 0.4) is 0 Å². The van der Waals surface area contributed by atoms with Crippen LogP contribution in [0.25, 0.3) is 66.4 Å². The van der Waals surface area contributed by atoms with Gasteiger partial charge in [0.25, 0.3) is 0 Å². The molecule has 0 fully saturated rings. The van der Waals surface area contributed by atoms with Crippen molar-refractivity contribution in [3.63, 3.8) is 0 Å². The molecule has 0 spiro atoms. The highest BCUT2D eigenvalue weighted by atomic mass is 15.2. The monoisotopic (exact) mass is 777 g/mol. The van der Waals surface area contributed by atoms with Crippen molar-refractivity contribution in [3.05, 3.63) is 259 Å². The summed E-state index contributed by atoms with van der Waals surface area (Å²) in [6.45, 7) is 2.40. The third-order valence-corrected chi connectivity index (χ3v) is 12.8. The van der Waals surface area contributed by atoms with Crippen LogP contribution in [-0.2, 0) is 5.41 Å². The summed E-state index contributed by atoms with van der Waals surface area (Å²) in [5.74, 6) is 0. The van der Waals surface area contributed by atoms with E-state index in [1.165, 1.54) is 66.4 Å². The Balaban J connectivity index is 1.13. The fourth-order valence-corrected chi connectivity index (χ4v) is 9.78. The predicted molar refractivity (Wildman–Crippen MR) is 258 cm³/mol. The van der Waals surface area contributed by atoms with Gasteiger partial charge in [-0.05, 0) is 91.5 Å². The van der Waals surface area contributed by atoms with Crippen molar-refractivity contribution in [3.8, 4) is 55.6 Å². The average molecular weight is 778 g/mol. The van der Waals surface area contributed by atoms with E-state index in [2.05, 4.69) is 254 Å². The Labute approximate surface area is 358 Å². The fourth-order valence-electron chi connectivity index (χ4n) is 9.78. The van der Waals surface area contributed by atoms with Crippen LogP contribution in [0.1, 0.15) is 23.6 Å². The van der Waals surface area contributed by atoms with Gasteiger partial charge < -0.3 is 4.90 Å². The molecule has 61 heavy (non-hydrogen) atoms. The number of para-hydroxylation sites is 2. The highest BCUT2D eigenvalue weighted by Crippen LogP contribution is 2.57. The summed E-state index contributed by atoms with van der Waals surface area (Å²) in [4.78, 5) is 2.53. The topological polar surface area (TPSA) is 3.24 Å². The van der Waals surface area contributed by atoms with Gasteiger partial charge in [-0.2, -0.15) is 0 Å². The lowest BCUT2D eigenvalue weighted by molar-refractivity contribution is 0.714. The molecular formula is C60H43N. The van der Waals surface area contributed by atoms with Gasteiger partial charge in [0.05, 0.1) is 17.1 Å². The smallest absolute Gasteiger partial charge is 0.0543 e. The van der Waals surface area contributed by atoms with E-state index in [4.69, 9.17) is 0 Å². The molecule has 0 heterocycles. The zero-order valence-corrected chi connectivity index (χ0v) is 34.0. The van der Waals surface area contributed by atoms with Crippen LogP contribution >= 0.6 is 0 Å². The minimum atomic E-state index is -0.335. The van der Waals surface area contributed by atoms with Gasteiger partial charge >= 0.3 is 0 Å². The van der Waals surface area contributed by atoms with Gasteiger partial charge in [0.15, 0.2) is 0 Å². The molecule has 1 unspecified atom stereocenters. The van der Waals surface area contributed by atoms with Crippen molar-refractivity contribution in [2.24, 2.45) is 0 Å². The average Bonchev–Trinajstić information content (AvgIpc) is 3.61. The highest BCUT2D eigenvalue weighted by Gasteiger charge is 2.42. The molecule has 0 amide bonds. The van der Waals surface area contributed by atoms with E-state index < -0.39 is 0 Å². The largest absolute Gasteiger partial charge is 0.309 e. The van der Waals surface area contributed by atoms with Crippen molar-refractivity contribution in [2.75, 3.05) is 4.90 Å². The van der Waals surface area contributed by atoms with Crippen molar-refractivity contribution < 1.29 is 0 Å². The Morgan fingerprint density at radius 3 is 1.39 bits per heavy atom. The zero-order valence-electron chi connectivity index (χ0n) is 34.0. The molecule has 1 aliphatic rings. The van der Waals surface area contributed by atoms with Gasteiger partial charge in [0.1, 0.15) is 0 Å². The third-order valence-electron chi connectivity index (χ3n) is 12.8. The predicted octanol–water partition coefficient (Wildman–Crippen LogP) is 16.3. The summed E-state index contributed by atoms with van der Waals surface area (Å²) in [6.07, 6.45) is 0. The van der Waals surface area contributed by atoms with Crippen molar-refractivity contribution in [1.82, 2.24) is 0 Å². The molecule has 0 N–H and O–H groups in total. The van der Waals surface area contributed by atoms with Crippen molar-refractivity contribution in [1.29, 1.82) is 0 Å². The van der Waals surface area contributed by atoms with Gasteiger partial charge in [0, 0.05) is 22.1 Å². The summed E-state index contributed by atoms with van der Waals surface area (Å²) in [6, 6.07) is 88.8. The quantitative estimate of drug-likeness (QED) is 0.149. The van der Waals surface area contributed by atoms with Crippen LogP contribution in [0.2, 0.25) is 0 Å². The standard InChI is InChI=1S/C60H43N/c1-60(48-22-6-3-7-23-48)54-29-13-10-27-53(54)59-55(60)30-17-33-58(59)61(56-31-14-11-25-51(56)46-36-34-43(35-37-46)42-18-4-2-5-19-42)57-32-15-12-26-52(57)47-40-38-45(39-41-47)50-28-16-21-44-20-8-9-24-49(44)50/h2-41H,1H3. The Hall–Kier alpha value is -7.74. The minimum absolute atomic E-state index is 0.335. The summed E-state index contributed by atoms with van der Waals surface area (Å²) >= 11 is 0. The molecule has 10 aromatic carbocycles. The number of hydrogen-bond acceptors (Lipinski definition) is 1. The zero-order chi connectivity index (χ0) is 40.8. The van der Waals surface area contributed by atoms with E-state index in [1.807, 2.05) is 0 Å². The Kier molecular flexibility index (Phi) is 9.02. The van der Waals surface area contributed by atoms with Crippen molar-refractivity contribution >= 4 is 27.8 Å². The van der Waals surface area contributed by atoms with Gasteiger partial charge in [0.2, 0.25) is 0 Å². The maximum atomic E-state index is 2.53. The minimum Gasteiger partial charge on any atom is -0.309 e. The maximum Gasteiger partial charge on any atom is 0.0543 e. The number of fused-ring (bicyclic) bond motifs is 4. The second-order valence-electron chi connectivity index (χ2n) is 16.2. The number of rotatable bonds is 8. The normalized spacial score (nSPS) is 14.0. The van der Waals surface area contributed by atoms with Crippen LogP contribution in [0.4, 0.5) is 17.1 Å². The van der Waals surface area contributed by atoms with Crippen LogP contribution in [-0.4, -0.2) is 0 Å². The summed E-state index contributed by atoms with van der Waals surface area (Å²) in [5.41, 5.74) is 19.0. The van der Waals surface area contributed by atoms with Gasteiger partial charge in [-0.1, -0.05) is 224 Å². The molecule has 0 saturated heterocycles. The summed E-state index contributed by atoms with van der Waals surface area (Å²) < 4.78 is 0. The summed E-state index contributed by atoms with van der Waals surface area (Å²) in [7, 11) is 0. The molecule has 1 nitrogen and oxygen atoms in total. The Morgan fingerprint density at radius 2 is 0.721 bits per heavy atom. The molecule has 1 atom stereocenters. The molecule has 11 rings (SSSR count). The lowest BCUT2D eigenvalue weighted by Crippen LogP contribution is -2.22. The van der Waals surface area contributed by atoms with E-state index in [1.54, 1.807) is 0 Å². The number of benzene rings is 10. The molecule has 10 aromatic rings. The van der Waals surface area contributed by atoms with E-state index in [0.717, 1.165) is 33.8 Å². The van der Waals surface area contributed by atoms with E-state index >= 15 is 0 Å². The van der Waals surface area contributed by atoms with E-state index in [9.17, 15) is 0 Å². The van der Waals surface area contributed by atoms with E-state index in [-0.39, 0.29) is 5.41 Å². The molecular weight excluding hydrogens is 735 g/mol. The molecule has 1 aliphatic carbocycles. The molecule has 0 bridgehead atoms. The van der Waals surface area contributed by atoms with Crippen LogP contribution in [0.5, 0.6) is 0 Å². The second kappa shape index (κ2) is 15.1. The van der Waals surface area contributed by atoms with E-state index in [0.29, 0.717) is 0 Å². The first-order chi connectivity index (χ1) is 30.2. The van der Waals surface area contributed by atoms with Crippen LogP contribution < -0.4 is 4.90 Å². The first-order valence-corrected chi connectivity index (χ1v) is 21.2. The van der Waals surface area contributed by atoms with Crippen LogP contribution in [0.15, 0.2) is 243 Å². The summed E-state index contributed by atoms with van der Waals surface area (Å²) in [5, 5.41) is 2.51. The highest BCUT2D eigenvalue weighted by molar-refractivity contribution is 6.02. The number of hydrogen-bond donors (Lipinski definition) is 0. The van der Waals surface area contributed by atoms with Gasteiger partial charge in [-0.3, -0.25) is 0 Å². The number of anilines is 3. The first-order valence-electron chi connectivity index (χ1n) is 21.2. The van der Waals surface area contributed by atoms with Crippen LogP contribution in [0, 0.1) is 0 Å². The van der Waals surface area contributed by atoms with Crippen molar-refractivity contribution in [2.45, 2.75) is 12.3 Å². The molecule has 288 valence electrons. The molecule has 0 aliphatic heterocycles. The first kappa shape index (κ1) is 36.3. The van der Waals surface area contributed by atoms with Gasteiger partial charge in [-0.25, -0.2) is 0 Å². The molecule has 0 saturated carbocycles. The Bertz CT molecular complexity index is 3180. The fraction of sp³-hybridized carbons (Fsp3) is 0.0333. The number of nitrogens with zero attached hydrogens (tertiary/aromatic N) is 1. The molecule has 1 heteroatoms.